The smallest absolute Gasteiger partial charge is 0.255 e. The van der Waals surface area contributed by atoms with Gasteiger partial charge in [0.2, 0.25) is 0 Å². The van der Waals surface area contributed by atoms with Gasteiger partial charge in [0.1, 0.15) is 0 Å². The van der Waals surface area contributed by atoms with E-state index in [-0.39, 0.29) is 11.8 Å². The van der Waals surface area contributed by atoms with Crippen LogP contribution < -0.4 is 20.1 Å². The zero-order valence-electron chi connectivity index (χ0n) is 18.6. The van der Waals surface area contributed by atoms with E-state index in [0.717, 1.165) is 11.1 Å². The minimum Gasteiger partial charge on any atom is -0.490 e. The summed E-state index contributed by atoms with van der Waals surface area (Å²) in [4.78, 5) is 25.7. The largest absolute Gasteiger partial charge is 0.490 e. The Balaban J connectivity index is 1.74. The van der Waals surface area contributed by atoms with E-state index in [9.17, 15) is 9.59 Å². The van der Waals surface area contributed by atoms with Gasteiger partial charge >= 0.3 is 0 Å². The van der Waals surface area contributed by atoms with Crippen LogP contribution in [0.3, 0.4) is 0 Å². The number of aryl methyl sites for hydroxylation is 1. The molecule has 3 aromatic carbocycles. The molecule has 0 aliphatic heterocycles. The first-order valence-electron chi connectivity index (χ1n) is 10.7. The molecule has 32 heavy (non-hydrogen) atoms. The number of para-hydroxylation sites is 1. The summed E-state index contributed by atoms with van der Waals surface area (Å²) in [7, 11) is 0. The normalized spacial score (nSPS) is 10.3. The Morgan fingerprint density at radius 1 is 0.812 bits per heavy atom. The number of hydrogen-bond acceptors (Lipinski definition) is 4. The molecule has 3 rings (SSSR count). The highest BCUT2D eigenvalue weighted by Crippen LogP contribution is 2.29. The Morgan fingerprint density at radius 2 is 1.50 bits per heavy atom. The van der Waals surface area contributed by atoms with E-state index in [4.69, 9.17) is 9.47 Å². The van der Waals surface area contributed by atoms with Crippen LogP contribution in [0.1, 0.15) is 45.7 Å². The summed E-state index contributed by atoms with van der Waals surface area (Å²) in [5.74, 6) is 0.490. The minimum atomic E-state index is -0.340. The third kappa shape index (κ3) is 5.88. The molecular formula is C26H28N2O4. The van der Waals surface area contributed by atoms with Crippen molar-refractivity contribution in [1.82, 2.24) is 5.32 Å². The first-order chi connectivity index (χ1) is 15.5. The van der Waals surface area contributed by atoms with Gasteiger partial charge in [-0.25, -0.2) is 0 Å². The van der Waals surface area contributed by atoms with Crippen molar-refractivity contribution in [3.05, 3.63) is 89.0 Å². The third-order valence-electron chi connectivity index (χ3n) is 4.80. The summed E-state index contributed by atoms with van der Waals surface area (Å²) in [5.41, 5.74) is 3.40. The second kappa shape index (κ2) is 11.0. The molecule has 0 aliphatic rings. The Kier molecular flexibility index (Phi) is 7.86. The molecule has 166 valence electrons. The molecule has 0 saturated carbocycles. The van der Waals surface area contributed by atoms with Gasteiger partial charge in [-0.15, -0.1) is 0 Å². The average molecular weight is 433 g/mol. The molecule has 0 aliphatic carbocycles. The first kappa shape index (κ1) is 22.9. The van der Waals surface area contributed by atoms with Gasteiger partial charge in [0, 0.05) is 12.1 Å². The molecule has 0 spiro atoms. The van der Waals surface area contributed by atoms with E-state index in [0.29, 0.717) is 48.1 Å². The number of nitrogens with one attached hydrogen (secondary N) is 2. The summed E-state index contributed by atoms with van der Waals surface area (Å²) in [6.07, 6.45) is 0. The Labute approximate surface area is 188 Å². The molecule has 0 heterocycles. The van der Waals surface area contributed by atoms with Crippen LogP contribution >= 0.6 is 0 Å². The van der Waals surface area contributed by atoms with Crippen LogP contribution in [0.5, 0.6) is 11.5 Å². The zero-order chi connectivity index (χ0) is 22.9. The predicted octanol–water partition coefficient (Wildman–Crippen LogP) is 4.97. The lowest BCUT2D eigenvalue weighted by Gasteiger charge is -2.14. The van der Waals surface area contributed by atoms with E-state index >= 15 is 0 Å². The molecule has 0 aromatic heterocycles. The van der Waals surface area contributed by atoms with E-state index in [1.165, 1.54) is 0 Å². The van der Waals surface area contributed by atoms with Crippen LogP contribution in [-0.2, 0) is 6.54 Å². The highest BCUT2D eigenvalue weighted by atomic mass is 16.5. The van der Waals surface area contributed by atoms with Crippen LogP contribution in [-0.4, -0.2) is 25.0 Å². The van der Waals surface area contributed by atoms with Gasteiger partial charge < -0.3 is 20.1 Å². The average Bonchev–Trinajstić information content (AvgIpc) is 2.80. The second-order valence-corrected chi connectivity index (χ2v) is 7.20. The number of amides is 2. The van der Waals surface area contributed by atoms with Crippen molar-refractivity contribution in [3.63, 3.8) is 0 Å². The lowest BCUT2D eigenvalue weighted by atomic mass is 10.1. The number of carbonyl (C=O) groups excluding carboxylic acids is 2. The number of anilines is 1. The number of hydrogen-bond donors (Lipinski definition) is 2. The molecule has 0 bridgehead atoms. The topological polar surface area (TPSA) is 76.7 Å². The Bertz CT molecular complexity index is 1080. The number of carbonyl (C=O) groups is 2. The Morgan fingerprint density at radius 3 is 2.22 bits per heavy atom. The van der Waals surface area contributed by atoms with E-state index in [1.807, 2.05) is 45.0 Å². The summed E-state index contributed by atoms with van der Waals surface area (Å²) in [6, 6.07) is 19.9. The maximum Gasteiger partial charge on any atom is 0.255 e. The molecule has 0 saturated heterocycles. The molecule has 0 radical (unpaired) electrons. The van der Waals surface area contributed by atoms with Crippen molar-refractivity contribution >= 4 is 17.5 Å². The van der Waals surface area contributed by atoms with Crippen LogP contribution in [0.4, 0.5) is 5.69 Å². The van der Waals surface area contributed by atoms with Crippen molar-refractivity contribution in [2.24, 2.45) is 0 Å². The number of ether oxygens (including phenoxy) is 2. The monoisotopic (exact) mass is 432 g/mol. The molecule has 2 amide bonds. The maximum atomic E-state index is 12.9. The summed E-state index contributed by atoms with van der Waals surface area (Å²) in [5, 5.41) is 5.75. The fourth-order valence-electron chi connectivity index (χ4n) is 3.16. The van der Waals surface area contributed by atoms with Crippen molar-refractivity contribution < 1.29 is 19.1 Å². The summed E-state index contributed by atoms with van der Waals surface area (Å²) >= 11 is 0. The number of rotatable bonds is 9. The van der Waals surface area contributed by atoms with Gasteiger partial charge in [0.25, 0.3) is 11.8 Å². The standard InChI is InChI=1S/C26H28N2O4/c1-4-31-23-15-14-20(16-24(23)32-5-2)25(29)28-22-9-7-6-8-21(22)26(30)27-17-19-12-10-18(3)11-13-19/h6-16H,4-5,17H2,1-3H3,(H,27,30)(H,28,29). The van der Waals surface area contributed by atoms with Gasteiger partial charge in [0.05, 0.1) is 24.5 Å². The molecule has 2 N–H and O–H groups in total. The van der Waals surface area contributed by atoms with Gasteiger partial charge in [0.15, 0.2) is 11.5 Å². The fourth-order valence-corrected chi connectivity index (χ4v) is 3.16. The zero-order valence-corrected chi connectivity index (χ0v) is 18.6. The van der Waals surface area contributed by atoms with Gasteiger partial charge in [-0.1, -0.05) is 42.0 Å². The van der Waals surface area contributed by atoms with Crippen molar-refractivity contribution in [2.75, 3.05) is 18.5 Å². The molecule has 0 unspecified atom stereocenters. The SMILES string of the molecule is CCOc1ccc(C(=O)Nc2ccccc2C(=O)NCc2ccc(C)cc2)cc1OCC. The van der Waals surface area contributed by atoms with Crippen LogP contribution in [0.25, 0.3) is 0 Å². The minimum absolute atomic E-state index is 0.261. The second-order valence-electron chi connectivity index (χ2n) is 7.20. The molecule has 6 heteroatoms. The highest BCUT2D eigenvalue weighted by Gasteiger charge is 2.16. The third-order valence-corrected chi connectivity index (χ3v) is 4.80. The molecule has 3 aromatic rings. The number of benzene rings is 3. The van der Waals surface area contributed by atoms with E-state index in [2.05, 4.69) is 10.6 Å². The highest BCUT2D eigenvalue weighted by molar-refractivity contribution is 6.09. The van der Waals surface area contributed by atoms with Gasteiger partial charge in [-0.2, -0.15) is 0 Å². The predicted molar refractivity (Wildman–Crippen MR) is 126 cm³/mol. The van der Waals surface area contributed by atoms with E-state index in [1.54, 1.807) is 42.5 Å². The molecule has 0 atom stereocenters. The van der Waals surface area contributed by atoms with Crippen LogP contribution in [0, 0.1) is 6.92 Å². The van der Waals surface area contributed by atoms with E-state index < -0.39 is 0 Å². The van der Waals surface area contributed by atoms with Gasteiger partial charge in [-0.05, 0) is 56.7 Å². The quantitative estimate of drug-likeness (QED) is 0.500. The maximum absolute atomic E-state index is 12.9. The van der Waals surface area contributed by atoms with Crippen LogP contribution in [0.2, 0.25) is 0 Å². The van der Waals surface area contributed by atoms with Crippen molar-refractivity contribution in [2.45, 2.75) is 27.3 Å². The molecule has 0 fully saturated rings. The Hall–Kier alpha value is -3.80. The van der Waals surface area contributed by atoms with Crippen LogP contribution in [0.15, 0.2) is 66.7 Å². The van der Waals surface area contributed by atoms with Crippen molar-refractivity contribution in [3.8, 4) is 11.5 Å². The lowest BCUT2D eigenvalue weighted by molar-refractivity contribution is 0.0952. The van der Waals surface area contributed by atoms with Gasteiger partial charge in [-0.3, -0.25) is 9.59 Å². The van der Waals surface area contributed by atoms with Crippen molar-refractivity contribution in [1.29, 1.82) is 0 Å². The summed E-state index contributed by atoms with van der Waals surface area (Å²) < 4.78 is 11.2. The molecular weight excluding hydrogens is 404 g/mol. The fraction of sp³-hybridized carbons (Fsp3) is 0.231. The first-order valence-corrected chi connectivity index (χ1v) is 10.7. The lowest BCUT2D eigenvalue weighted by Crippen LogP contribution is -2.25. The summed E-state index contributed by atoms with van der Waals surface area (Å²) in [6.45, 7) is 7.12. The molecule has 6 nitrogen and oxygen atoms in total.